The zero-order chi connectivity index (χ0) is 14.7. The molecule has 112 valence electrons. The zero-order valence-electron chi connectivity index (χ0n) is 11.9. The van der Waals surface area contributed by atoms with Gasteiger partial charge in [0.2, 0.25) is 0 Å². The molecule has 0 aliphatic carbocycles. The maximum atomic E-state index is 10.3. The van der Waals surface area contributed by atoms with Gasteiger partial charge in [0.25, 0.3) is 0 Å². The van der Waals surface area contributed by atoms with E-state index >= 15 is 0 Å². The van der Waals surface area contributed by atoms with Crippen LogP contribution in [0.5, 0.6) is 0 Å². The number of nitrogens with zero attached hydrogens (tertiary/aromatic N) is 1. The molecule has 5 heteroatoms. The SMILES string of the molecule is CC1CN(C)CCC1NCC(O)c1c(Cl)cccc1Cl. The number of hydrogen-bond donors (Lipinski definition) is 2. The Morgan fingerprint density at radius 3 is 2.65 bits per heavy atom. The van der Waals surface area contributed by atoms with Crippen LogP contribution in [0.3, 0.4) is 0 Å². The second-order valence-electron chi connectivity index (χ2n) is 5.69. The molecule has 2 rings (SSSR count). The number of nitrogens with one attached hydrogen (secondary N) is 1. The second kappa shape index (κ2) is 7.10. The average molecular weight is 317 g/mol. The molecule has 1 aliphatic heterocycles. The van der Waals surface area contributed by atoms with E-state index in [0.717, 1.165) is 19.5 Å². The van der Waals surface area contributed by atoms with Gasteiger partial charge in [-0.3, -0.25) is 0 Å². The fourth-order valence-electron chi connectivity index (χ4n) is 2.85. The first kappa shape index (κ1) is 16.1. The van der Waals surface area contributed by atoms with Crippen molar-refractivity contribution in [3.63, 3.8) is 0 Å². The number of hydrogen-bond acceptors (Lipinski definition) is 3. The van der Waals surface area contributed by atoms with E-state index in [1.165, 1.54) is 0 Å². The topological polar surface area (TPSA) is 35.5 Å². The molecule has 0 spiro atoms. The number of rotatable bonds is 4. The molecule has 20 heavy (non-hydrogen) atoms. The smallest absolute Gasteiger partial charge is 0.0943 e. The maximum Gasteiger partial charge on any atom is 0.0943 e. The highest BCUT2D eigenvalue weighted by atomic mass is 35.5. The Morgan fingerprint density at radius 2 is 2.05 bits per heavy atom. The summed E-state index contributed by atoms with van der Waals surface area (Å²) in [4.78, 5) is 2.34. The van der Waals surface area contributed by atoms with Crippen LogP contribution in [0.15, 0.2) is 18.2 Å². The molecule has 0 saturated carbocycles. The monoisotopic (exact) mass is 316 g/mol. The number of aliphatic hydroxyl groups excluding tert-OH is 1. The lowest BCUT2D eigenvalue weighted by molar-refractivity contribution is 0.137. The van der Waals surface area contributed by atoms with Crippen LogP contribution >= 0.6 is 23.2 Å². The van der Waals surface area contributed by atoms with Crippen molar-refractivity contribution in [2.75, 3.05) is 26.7 Å². The van der Waals surface area contributed by atoms with Crippen molar-refractivity contribution in [2.24, 2.45) is 5.92 Å². The van der Waals surface area contributed by atoms with Crippen molar-refractivity contribution in [1.29, 1.82) is 0 Å². The second-order valence-corrected chi connectivity index (χ2v) is 6.51. The number of piperidine rings is 1. The summed E-state index contributed by atoms with van der Waals surface area (Å²) in [6, 6.07) is 5.73. The predicted octanol–water partition coefficient (Wildman–Crippen LogP) is 2.96. The highest BCUT2D eigenvalue weighted by Gasteiger charge is 2.25. The Morgan fingerprint density at radius 1 is 1.40 bits per heavy atom. The molecule has 3 unspecified atom stereocenters. The van der Waals surface area contributed by atoms with Crippen LogP contribution in [-0.2, 0) is 0 Å². The zero-order valence-corrected chi connectivity index (χ0v) is 13.5. The van der Waals surface area contributed by atoms with Gasteiger partial charge in [0.15, 0.2) is 0 Å². The Balaban J connectivity index is 1.94. The standard InChI is InChI=1S/C15H22Cl2N2O/c1-10-9-19(2)7-6-13(10)18-8-14(20)15-11(16)4-3-5-12(15)17/h3-5,10,13-14,18,20H,6-9H2,1-2H3. The Bertz CT molecular complexity index is 435. The molecule has 1 fully saturated rings. The summed E-state index contributed by atoms with van der Waals surface area (Å²) in [6.45, 7) is 4.88. The minimum atomic E-state index is -0.678. The third-order valence-electron chi connectivity index (χ3n) is 4.01. The number of aliphatic hydroxyl groups is 1. The predicted molar refractivity (Wildman–Crippen MR) is 84.5 cm³/mol. The molecule has 1 aliphatic rings. The van der Waals surface area contributed by atoms with Crippen molar-refractivity contribution in [3.05, 3.63) is 33.8 Å². The van der Waals surface area contributed by atoms with Gasteiger partial charge in [0.05, 0.1) is 6.10 Å². The fraction of sp³-hybridized carbons (Fsp3) is 0.600. The molecule has 0 amide bonds. The van der Waals surface area contributed by atoms with E-state index in [9.17, 15) is 5.11 Å². The van der Waals surface area contributed by atoms with Crippen molar-refractivity contribution < 1.29 is 5.11 Å². The Kier molecular flexibility index (Phi) is 5.70. The van der Waals surface area contributed by atoms with Crippen LogP contribution in [-0.4, -0.2) is 42.7 Å². The van der Waals surface area contributed by atoms with E-state index in [2.05, 4.69) is 24.2 Å². The highest BCUT2D eigenvalue weighted by molar-refractivity contribution is 6.36. The van der Waals surface area contributed by atoms with Crippen molar-refractivity contribution in [3.8, 4) is 0 Å². The summed E-state index contributed by atoms with van der Waals surface area (Å²) < 4.78 is 0. The van der Waals surface area contributed by atoms with Crippen LogP contribution < -0.4 is 5.32 Å². The molecule has 3 nitrogen and oxygen atoms in total. The lowest BCUT2D eigenvalue weighted by Crippen LogP contribution is -2.47. The molecular formula is C15H22Cl2N2O. The first-order valence-electron chi connectivity index (χ1n) is 7.03. The van der Waals surface area contributed by atoms with E-state index in [0.29, 0.717) is 34.1 Å². The van der Waals surface area contributed by atoms with Crippen LogP contribution in [0.1, 0.15) is 25.0 Å². The Labute approximate surface area is 130 Å². The summed E-state index contributed by atoms with van der Waals surface area (Å²) in [5.74, 6) is 0.572. The van der Waals surface area contributed by atoms with Crippen LogP contribution in [0.4, 0.5) is 0 Å². The summed E-state index contributed by atoms with van der Waals surface area (Å²) in [5, 5.41) is 14.8. The first-order valence-corrected chi connectivity index (χ1v) is 7.78. The number of likely N-dealkylation sites (tertiary alicyclic amines) is 1. The van der Waals surface area contributed by atoms with E-state index in [1.54, 1.807) is 18.2 Å². The normalized spacial score (nSPS) is 25.6. The van der Waals surface area contributed by atoms with Gasteiger partial charge in [-0.05, 0) is 38.1 Å². The average Bonchev–Trinajstić information content (AvgIpc) is 2.37. The number of benzene rings is 1. The van der Waals surface area contributed by atoms with Gasteiger partial charge in [0.1, 0.15) is 0 Å². The quantitative estimate of drug-likeness (QED) is 0.896. The molecule has 1 heterocycles. The van der Waals surface area contributed by atoms with Crippen molar-refractivity contribution >= 4 is 23.2 Å². The first-order chi connectivity index (χ1) is 9.49. The lowest BCUT2D eigenvalue weighted by Gasteiger charge is -2.35. The Hall–Kier alpha value is -0.320. The lowest BCUT2D eigenvalue weighted by atomic mass is 9.94. The fourth-order valence-corrected chi connectivity index (χ4v) is 3.50. The van der Waals surface area contributed by atoms with Gasteiger partial charge < -0.3 is 15.3 Å². The van der Waals surface area contributed by atoms with Crippen LogP contribution in [0, 0.1) is 5.92 Å². The minimum Gasteiger partial charge on any atom is -0.387 e. The van der Waals surface area contributed by atoms with Crippen LogP contribution in [0.25, 0.3) is 0 Å². The van der Waals surface area contributed by atoms with E-state index in [-0.39, 0.29) is 0 Å². The third-order valence-corrected chi connectivity index (χ3v) is 4.67. The van der Waals surface area contributed by atoms with Crippen molar-refractivity contribution in [1.82, 2.24) is 10.2 Å². The molecule has 2 N–H and O–H groups in total. The van der Waals surface area contributed by atoms with Gasteiger partial charge in [-0.15, -0.1) is 0 Å². The molecule has 1 aromatic carbocycles. The molecular weight excluding hydrogens is 295 g/mol. The van der Waals surface area contributed by atoms with Crippen LogP contribution in [0.2, 0.25) is 10.0 Å². The molecule has 3 atom stereocenters. The number of halogens is 2. The third kappa shape index (κ3) is 3.86. The summed E-state index contributed by atoms with van der Waals surface area (Å²) in [7, 11) is 2.14. The molecule has 1 aromatic rings. The highest BCUT2D eigenvalue weighted by Crippen LogP contribution is 2.30. The van der Waals surface area contributed by atoms with Gasteiger partial charge >= 0.3 is 0 Å². The van der Waals surface area contributed by atoms with Crippen molar-refractivity contribution in [2.45, 2.75) is 25.5 Å². The molecule has 1 saturated heterocycles. The van der Waals surface area contributed by atoms with E-state index in [1.807, 2.05) is 0 Å². The summed E-state index contributed by atoms with van der Waals surface area (Å²) in [6.07, 6.45) is 0.420. The van der Waals surface area contributed by atoms with E-state index < -0.39 is 6.10 Å². The van der Waals surface area contributed by atoms with E-state index in [4.69, 9.17) is 23.2 Å². The largest absolute Gasteiger partial charge is 0.387 e. The molecule has 0 radical (unpaired) electrons. The van der Waals surface area contributed by atoms with Gasteiger partial charge in [-0.25, -0.2) is 0 Å². The maximum absolute atomic E-state index is 10.3. The minimum absolute atomic E-state index is 0.433. The summed E-state index contributed by atoms with van der Waals surface area (Å²) in [5.41, 5.74) is 0.615. The summed E-state index contributed by atoms with van der Waals surface area (Å²) >= 11 is 12.2. The van der Waals surface area contributed by atoms with Gasteiger partial charge in [-0.2, -0.15) is 0 Å². The molecule has 0 bridgehead atoms. The molecule has 0 aromatic heterocycles. The van der Waals surface area contributed by atoms with Gasteiger partial charge in [-0.1, -0.05) is 36.2 Å². The van der Waals surface area contributed by atoms with Gasteiger partial charge in [0, 0.05) is 34.7 Å².